The predicted molar refractivity (Wildman–Crippen MR) is 79.6 cm³/mol. The van der Waals surface area contributed by atoms with Gasteiger partial charge >= 0.3 is 0 Å². The van der Waals surface area contributed by atoms with Crippen molar-refractivity contribution in [2.75, 3.05) is 13.0 Å². The maximum atomic E-state index is 12.3. The van der Waals surface area contributed by atoms with Crippen molar-refractivity contribution in [3.63, 3.8) is 0 Å². The monoisotopic (exact) mass is 317 g/mol. The molecule has 0 aromatic heterocycles. The standard InChI is InChI=1S/C14H20ClNO3S/c1-19-14-4-2-3-13(14)16-20(17,18)12-7-5-11(6-8-12)9-10-15/h5-8,13-14,16H,2-4,9-10H2,1H3. The number of rotatable bonds is 6. The second-order valence-corrected chi connectivity index (χ2v) is 7.11. The van der Waals surface area contributed by atoms with Crippen LogP contribution in [-0.2, 0) is 21.2 Å². The lowest BCUT2D eigenvalue weighted by atomic mass is 10.2. The Balaban J connectivity index is 2.09. The number of nitrogens with one attached hydrogen (secondary N) is 1. The second-order valence-electron chi connectivity index (χ2n) is 5.02. The normalized spacial score (nSPS) is 23.1. The van der Waals surface area contributed by atoms with Gasteiger partial charge in [-0.1, -0.05) is 12.1 Å². The predicted octanol–water partition coefficient (Wildman–Crippen LogP) is 2.31. The zero-order valence-corrected chi connectivity index (χ0v) is 13.1. The fourth-order valence-electron chi connectivity index (χ4n) is 2.55. The van der Waals surface area contributed by atoms with Crippen LogP contribution in [0.3, 0.4) is 0 Å². The Morgan fingerprint density at radius 2 is 2.00 bits per heavy atom. The first-order chi connectivity index (χ1) is 9.56. The van der Waals surface area contributed by atoms with Crippen LogP contribution in [0.2, 0.25) is 0 Å². The van der Waals surface area contributed by atoms with Crippen LogP contribution in [0.15, 0.2) is 29.2 Å². The van der Waals surface area contributed by atoms with E-state index in [1.807, 2.05) is 0 Å². The van der Waals surface area contributed by atoms with Crippen LogP contribution in [0, 0.1) is 0 Å². The van der Waals surface area contributed by atoms with E-state index in [-0.39, 0.29) is 17.0 Å². The summed E-state index contributed by atoms with van der Waals surface area (Å²) in [4.78, 5) is 0.289. The number of sulfonamides is 1. The molecular formula is C14H20ClNO3S. The average Bonchev–Trinajstić information content (AvgIpc) is 2.86. The molecule has 2 atom stereocenters. The van der Waals surface area contributed by atoms with E-state index in [1.165, 1.54) is 0 Å². The first-order valence-electron chi connectivity index (χ1n) is 6.77. The maximum absolute atomic E-state index is 12.3. The van der Waals surface area contributed by atoms with Crippen LogP contribution in [-0.4, -0.2) is 33.6 Å². The molecule has 1 N–H and O–H groups in total. The molecule has 0 spiro atoms. The minimum Gasteiger partial charge on any atom is -0.380 e. The van der Waals surface area contributed by atoms with Gasteiger partial charge in [0.25, 0.3) is 0 Å². The summed E-state index contributed by atoms with van der Waals surface area (Å²) in [6.45, 7) is 0. The number of halogens is 1. The first-order valence-corrected chi connectivity index (χ1v) is 8.78. The molecule has 1 saturated carbocycles. The Morgan fingerprint density at radius 3 is 2.60 bits per heavy atom. The van der Waals surface area contributed by atoms with E-state index in [1.54, 1.807) is 31.4 Å². The molecule has 0 bridgehead atoms. The van der Waals surface area contributed by atoms with Crippen LogP contribution in [0.5, 0.6) is 0 Å². The lowest BCUT2D eigenvalue weighted by Gasteiger charge is -2.19. The van der Waals surface area contributed by atoms with Crippen molar-refractivity contribution in [2.45, 2.75) is 42.7 Å². The van der Waals surface area contributed by atoms with Gasteiger partial charge in [0, 0.05) is 19.0 Å². The van der Waals surface area contributed by atoms with E-state index in [2.05, 4.69) is 4.72 Å². The summed E-state index contributed by atoms with van der Waals surface area (Å²) >= 11 is 5.67. The topological polar surface area (TPSA) is 55.4 Å². The van der Waals surface area contributed by atoms with Crippen molar-refractivity contribution in [3.05, 3.63) is 29.8 Å². The molecule has 0 aliphatic heterocycles. The van der Waals surface area contributed by atoms with Crippen LogP contribution in [0.25, 0.3) is 0 Å². The highest BCUT2D eigenvalue weighted by molar-refractivity contribution is 7.89. The molecular weight excluding hydrogens is 298 g/mol. The van der Waals surface area contributed by atoms with Crippen LogP contribution in [0.4, 0.5) is 0 Å². The number of benzene rings is 1. The quantitative estimate of drug-likeness (QED) is 0.819. The molecule has 0 amide bonds. The number of ether oxygens (including phenoxy) is 1. The Morgan fingerprint density at radius 1 is 1.30 bits per heavy atom. The lowest BCUT2D eigenvalue weighted by Crippen LogP contribution is -2.40. The van der Waals surface area contributed by atoms with Crippen LogP contribution >= 0.6 is 11.6 Å². The Hall–Kier alpha value is -0.620. The number of hydrogen-bond acceptors (Lipinski definition) is 3. The number of hydrogen-bond donors (Lipinski definition) is 1. The average molecular weight is 318 g/mol. The summed E-state index contributed by atoms with van der Waals surface area (Å²) in [5, 5.41) is 0. The van der Waals surface area contributed by atoms with E-state index >= 15 is 0 Å². The molecule has 1 aromatic carbocycles. The summed E-state index contributed by atoms with van der Waals surface area (Å²) in [6, 6.07) is 6.73. The number of alkyl halides is 1. The summed E-state index contributed by atoms with van der Waals surface area (Å²) in [5.74, 6) is 0.530. The van der Waals surface area contributed by atoms with Gasteiger partial charge in [-0.05, 0) is 43.4 Å². The van der Waals surface area contributed by atoms with Crippen molar-refractivity contribution >= 4 is 21.6 Å². The molecule has 2 unspecified atom stereocenters. The van der Waals surface area contributed by atoms with Crippen LogP contribution < -0.4 is 4.72 Å². The zero-order valence-electron chi connectivity index (χ0n) is 11.5. The fraction of sp³-hybridized carbons (Fsp3) is 0.571. The molecule has 0 radical (unpaired) electrons. The molecule has 20 heavy (non-hydrogen) atoms. The van der Waals surface area contributed by atoms with Crippen molar-refractivity contribution in [1.29, 1.82) is 0 Å². The summed E-state index contributed by atoms with van der Waals surface area (Å²) in [6.07, 6.45) is 3.42. The molecule has 6 heteroatoms. The van der Waals surface area contributed by atoms with E-state index in [0.29, 0.717) is 5.88 Å². The van der Waals surface area contributed by atoms with Gasteiger partial charge in [0.2, 0.25) is 10.0 Å². The lowest BCUT2D eigenvalue weighted by molar-refractivity contribution is 0.0916. The van der Waals surface area contributed by atoms with E-state index < -0.39 is 10.0 Å². The van der Waals surface area contributed by atoms with E-state index in [4.69, 9.17) is 16.3 Å². The van der Waals surface area contributed by atoms with Gasteiger partial charge in [-0.3, -0.25) is 0 Å². The third-order valence-electron chi connectivity index (χ3n) is 3.68. The highest BCUT2D eigenvalue weighted by Gasteiger charge is 2.31. The SMILES string of the molecule is COC1CCCC1NS(=O)(=O)c1ccc(CCCl)cc1. The molecule has 112 valence electrons. The van der Waals surface area contributed by atoms with Gasteiger partial charge in [0.15, 0.2) is 0 Å². The minimum atomic E-state index is -3.48. The molecule has 4 nitrogen and oxygen atoms in total. The smallest absolute Gasteiger partial charge is 0.240 e. The van der Waals surface area contributed by atoms with Gasteiger partial charge in [0.1, 0.15) is 0 Å². The molecule has 1 aliphatic carbocycles. The molecule has 1 aliphatic rings. The summed E-state index contributed by atoms with van der Waals surface area (Å²) < 4.78 is 32.7. The molecule has 0 saturated heterocycles. The molecule has 0 heterocycles. The van der Waals surface area contributed by atoms with Gasteiger partial charge in [-0.25, -0.2) is 13.1 Å². The zero-order chi connectivity index (χ0) is 14.6. The van der Waals surface area contributed by atoms with Crippen molar-refractivity contribution in [1.82, 2.24) is 4.72 Å². The van der Waals surface area contributed by atoms with Gasteiger partial charge in [0.05, 0.1) is 11.0 Å². The molecule has 1 fully saturated rings. The molecule has 2 rings (SSSR count). The second kappa shape index (κ2) is 6.89. The largest absolute Gasteiger partial charge is 0.380 e. The third kappa shape index (κ3) is 3.73. The van der Waals surface area contributed by atoms with E-state index in [9.17, 15) is 8.42 Å². The first kappa shape index (κ1) is 15.8. The summed E-state index contributed by atoms with van der Waals surface area (Å²) in [7, 11) is -1.86. The highest BCUT2D eigenvalue weighted by Crippen LogP contribution is 2.23. The molecule has 1 aromatic rings. The van der Waals surface area contributed by atoms with Crippen LogP contribution in [0.1, 0.15) is 24.8 Å². The highest BCUT2D eigenvalue weighted by atomic mass is 35.5. The van der Waals surface area contributed by atoms with Gasteiger partial charge < -0.3 is 4.74 Å². The Kier molecular flexibility index (Phi) is 5.43. The summed E-state index contributed by atoms with van der Waals surface area (Å²) in [5.41, 5.74) is 1.04. The van der Waals surface area contributed by atoms with Crippen molar-refractivity contribution in [3.8, 4) is 0 Å². The third-order valence-corrected chi connectivity index (χ3v) is 5.37. The maximum Gasteiger partial charge on any atom is 0.240 e. The fourth-order valence-corrected chi connectivity index (χ4v) is 4.07. The number of methoxy groups -OCH3 is 1. The Labute approximate surface area is 125 Å². The number of aryl methyl sites for hydroxylation is 1. The van der Waals surface area contributed by atoms with Crippen molar-refractivity contribution in [2.24, 2.45) is 0 Å². The van der Waals surface area contributed by atoms with E-state index in [0.717, 1.165) is 31.2 Å². The Bertz CT molecular complexity index is 530. The minimum absolute atomic E-state index is 0.0275. The van der Waals surface area contributed by atoms with Crippen molar-refractivity contribution < 1.29 is 13.2 Å². The van der Waals surface area contributed by atoms with Gasteiger partial charge in [-0.2, -0.15) is 0 Å². The van der Waals surface area contributed by atoms with Gasteiger partial charge in [-0.15, -0.1) is 11.6 Å².